The molecule has 3 rings (SSSR count). The monoisotopic (exact) mass is 395 g/mol. The molecule has 0 fully saturated rings. The van der Waals surface area contributed by atoms with Crippen molar-refractivity contribution in [2.45, 2.75) is 13.8 Å². The third-order valence-corrected chi connectivity index (χ3v) is 5.08. The highest BCUT2D eigenvalue weighted by molar-refractivity contribution is 6.30. The fourth-order valence-corrected chi connectivity index (χ4v) is 3.41. The number of nitrogens with one attached hydrogen (secondary N) is 1. The first-order chi connectivity index (χ1) is 13.4. The van der Waals surface area contributed by atoms with Crippen molar-refractivity contribution in [3.05, 3.63) is 76.4 Å². The van der Waals surface area contributed by atoms with E-state index in [1.165, 1.54) is 0 Å². The van der Waals surface area contributed by atoms with E-state index in [4.69, 9.17) is 11.6 Å². The second-order valence-corrected chi connectivity index (χ2v) is 7.65. The number of benzene rings is 2. The van der Waals surface area contributed by atoms with Crippen LogP contribution in [0.15, 0.2) is 54.6 Å². The van der Waals surface area contributed by atoms with Crippen LogP contribution in [0.3, 0.4) is 0 Å². The van der Waals surface area contributed by atoms with Gasteiger partial charge < -0.3 is 14.8 Å². The van der Waals surface area contributed by atoms with Crippen LogP contribution in [-0.2, 0) is 0 Å². The zero-order valence-electron chi connectivity index (χ0n) is 16.8. The summed E-state index contributed by atoms with van der Waals surface area (Å²) in [5.74, 6) is -0.0538. The van der Waals surface area contributed by atoms with Gasteiger partial charge in [0.1, 0.15) is 0 Å². The first-order valence-corrected chi connectivity index (χ1v) is 9.73. The van der Waals surface area contributed by atoms with Gasteiger partial charge in [-0.15, -0.1) is 0 Å². The number of halogens is 1. The number of hydrogen-bond acceptors (Lipinski definition) is 2. The summed E-state index contributed by atoms with van der Waals surface area (Å²) in [4.78, 5) is 14.9. The van der Waals surface area contributed by atoms with Gasteiger partial charge in [-0.3, -0.25) is 4.79 Å². The van der Waals surface area contributed by atoms with Crippen molar-refractivity contribution < 1.29 is 4.79 Å². The molecule has 0 atom stereocenters. The average Bonchev–Trinajstić information content (AvgIpc) is 2.99. The lowest BCUT2D eigenvalue weighted by atomic mass is 10.1. The molecule has 0 saturated carbocycles. The summed E-state index contributed by atoms with van der Waals surface area (Å²) in [5.41, 5.74) is 5.81. The SMILES string of the molecule is Cc1ccccc1-n1c(-c2ccc(Cl)cc2)cc(C(=O)NCCN(C)C)c1C. The molecule has 0 aliphatic rings. The van der Waals surface area contributed by atoms with E-state index in [-0.39, 0.29) is 5.91 Å². The standard InChI is InChI=1S/C23H26ClN3O/c1-16-7-5-6-8-21(16)27-17(2)20(23(28)25-13-14-26(3)4)15-22(27)18-9-11-19(24)12-10-18/h5-12,15H,13-14H2,1-4H3,(H,25,28). The predicted octanol–water partition coefficient (Wildman–Crippen LogP) is 4.71. The fraction of sp³-hybridized carbons (Fsp3) is 0.261. The lowest BCUT2D eigenvalue weighted by Gasteiger charge is -2.15. The van der Waals surface area contributed by atoms with Crippen LogP contribution in [0.5, 0.6) is 0 Å². The maximum Gasteiger partial charge on any atom is 0.253 e. The number of rotatable bonds is 6. The van der Waals surface area contributed by atoms with Crippen molar-refractivity contribution in [3.8, 4) is 16.9 Å². The Hall–Kier alpha value is -2.56. The van der Waals surface area contributed by atoms with E-state index in [1.807, 2.05) is 68.4 Å². The van der Waals surface area contributed by atoms with Gasteiger partial charge >= 0.3 is 0 Å². The molecule has 1 heterocycles. The fourth-order valence-electron chi connectivity index (χ4n) is 3.28. The molecule has 3 aromatic rings. The quantitative estimate of drug-likeness (QED) is 0.656. The smallest absolute Gasteiger partial charge is 0.253 e. The van der Waals surface area contributed by atoms with E-state index in [1.54, 1.807) is 0 Å². The van der Waals surface area contributed by atoms with Crippen molar-refractivity contribution in [1.29, 1.82) is 0 Å². The van der Waals surface area contributed by atoms with Gasteiger partial charge in [-0.2, -0.15) is 0 Å². The Bertz CT molecular complexity index is 974. The zero-order valence-corrected chi connectivity index (χ0v) is 17.5. The van der Waals surface area contributed by atoms with E-state index < -0.39 is 0 Å². The summed E-state index contributed by atoms with van der Waals surface area (Å²) in [7, 11) is 3.98. The van der Waals surface area contributed by atoms with Crippen LogP contribution in [0.25, 0.3) is 16.9 Å². The lowest BCUT2D eigenvalue weighted by Crippen LogP contribution is -2.31. The summed E-state index contributed by atoms with van der Waals surface area (Å²) in [6.45, 7) is 5.48. The number of amides is 1. The molecule has 0 aliphatic carbocycles. The molecule has 0 spiro atoms. The van der Waals surface area contributed by atoms with E-state index >= 15 is 0 Å². The van der Waals surface area contributed by atoms with E-state index in [0.29, 0.717) is 17.1 Å². The molecule has 5 heteroatoms. The molecule has 0 saturated heterocycles. The van der Waals surface area contributed by atoms with Gasteiger partial charge in [0.05, 0.1) is 11.3 Å². The van der Waals surface area contributed by atoms with Crippen molar-refractivity contribution in [2.24, 2.45) is 0 Å². The number of aryl methyl sites for hydroxylation is 1. The number of para-hydroxylation sites is 1. The van der Waals surface area contributed by atoms with Gasteiger partial charge in [0, 0.05) is 29.5 Å². The maximum atomic E-state index is 12.9. The van der Waals surface area contributed by atoms with E-state index in [9.17, 15) is 4.79 Å². The van der Waals surface area contributed by atoms with Crippen molar-refractivity contribution in [3.63, 3.8) is 0 Å². The molecular weight excluding hydrogens is 370 g/mol. The lowest BCUT2D eigenvalue weighted by molar-refractivity contribution is 0.0950. The first-order valence-electron chi connectivity index (χ1n) is 9.35. The normalized spacial score (nSPS) is 11.1. The van der Waals surface area contributed by atoms with Gasteiger partial charge in [-0.1, -0.05) is 41.9 Å². The Morgan fingerprint density at radius 2 is 1.75 bits per heavy atom. The molecule has 0 bridgehead atoms. The van der Waals surface area contributed by atoms with Crippen LogP contribution in [-0.4, -0.2) is 42.6 Å². The topological polar surface area (TPSA) is 37.3 Å². The van der Waals surface area contributed by atoms with Crippen LogP contribution in [0, 0.1) is 13.8 Å². The number of aromatic nitrogens is 1. The van der Waals surface area contributed by atoms with Gasteiger partial charge in [0.25, 0.3) is 5.91 Å². The molecule has 1 amide bonds. The highest BCUT2D eigenvalue weighted by Crippen LogP contribution is 2.31. The third-order valence-electron chi connectivity index (χ3n) is 4.83. The number of carbonyl (C=O) groups is 1. The maximum absolute atomic E-state index is 12.9. The summed E-state index contributed by atoms with van der Waals surface area (Å²) in [5, 5.41) is 3.71. The minimum absolute atomic E-state index is 0.0538. The number of nitrogens with zero attached hydrogens (tertiary/aromatic N) is 2. The molecule has 146 valence electrons. The molecular formula is C23H26ClN3O. The van der Waals surface area contributed by atoms with Crippen LogP contribution in [0.4, 0.5) is 0 Å². The number of likely N-dealkylation sites (N-methyl/N-ethyl adjacent to an activating group) is 1. The Balaban J connectivity index is 2.08. The van der Waals surface area contributed by atoms with E-state index in [0.717, 1.165) is 34.7 Å². The number of hydrogen-bond donors (Lipinski definition) is 1. The molecule has 2 aromatic carbocycles. The van der Waals surface area contributed by atoms with E-state index in [2.05, 4.69) is 28.9 Å². The molecule has 0 aliphatic heterocycles. The predicted molar refractivity (Wildman–Crippen MR) is 117 cm³/mol. The highest BCUT2D eigenvalue weighted by Gasteiger charge is 2.20. The molecule has 0 unspecified atom stereocenters. The van der Waals surface area contributed by atoms with Gasteiger partial charge in [-0.05, 0) is 63.3 Å². The van der Waals surface area contributed by atoms with Gasteiger partial charge in [0.2, 0.25) is 0 Å². The summed E-state index contributed by atoms with van der Waals surface area (Å²) >= 11 is 6.08. The minimum atomic E-state index is -0.0538. The second-order valence-electron chi connectivity index (χ2n) is 7.22. The highest BCUT2D eigenvalue weighted by atomic mass is 35.5. The molecule has 0 radical (unpaired) electrons. The van der Waals surface area contributed by atoms with Crippen molar-refractivity contribution in [1.82, 2.24) is 14.8 Å². The van der Waals surface area contributed by atoms with Crippen LogP contribution >= 0.6 is 11.6 Å². The molecule has 1 aromatic heterocycles. The Morgan fingerprint density at radius 1 is 1.07 bits per heavy atom. The van der Waals surface area contributed by atoms with Crippen LogP contribution < -0.4 is 5.32 Å². The average molecular weight is 396 g/mol. The van der Waals surface area contributed by atoms with Crippen molar-refractivity contribution >= 4 is 17.5 Å². The van der Waals surface area contributed by atoms with Crippen molar-refractivity contribution in [2.75, 3.05) is 27.2 Å². The summed E-state index contributed by atoms with van der Waals surface area (Å²) < 4.78 is 2.15. The first kappa shape index (κ1) is 20.2. The summed E-state index contributed by atoms with van der Waals surface area (Å²) in [6, 6.07) is 17.9. The van der Waals surface area contributed by atoms with Gasteiger partial charge in [0.15, 0.2) is 0 Å². The number of carbonyl (C=O) groups excluding carboxylic acids is 1. The largest absolute Gasteiger partial charge is 0.351 e. The Labute approximate surface area is 171 Å². The molecule has 28 heavy (non-hydrogen) atoms. The summed E-state index contributed by atoms with van der Waals surface area (Å²) in [6.07, 6.45) is 0. The Kier molecular flexibility index (Phi) is 6.22. The zero-order chi connectivity index (χ0) is 20.3. The molecule has 4 nitrogen and oxygen atoms in total. The Morgan fingerprint density at radius 3 is 2.39 bits per heavy atom. The van der Waals surface area contributed by atoms with Crippen LogP contribution in [0.1, 0.15) is 21.6 Å². The second kappa shape index (κ2) is 8.63. The molecule has 1 N–H and O–H groups in total. The van der Waals surface area contributed by atoms with Gasteiger partial charge in [-0.25, -0.2) is 0 Å². The van der Waals surface area contributed by atoms with Crippen LogP contribution in [0.2, 0.25) is 5.02 Å². The minimum Gasteiger partial charge on any atom is -0.351 e. The third kappa shape index (κ3) is 4.29.